The molecule has 0 saturated heterocycles. The molecule has 1 aromatic heterocycles. The quantitative estimate of drug-likeness (QED) is 0.729. The fraction of sp³-hybridized carbons (Fsp3) is 0.700. The Morgan fingerprint density at radius 2 is 2.43 bits per heavy atom. The number of aromatic nitrogens is 1. The molecule has 0 aliphatic carbocycles. The first-order valence-corrected chi connectivity index (χ1v) is 7.28. The molecule has 0 spiro atoms. The lowest BCUT2D eigenvalue weighted by molar-refractivity contribution is 0.547. The van der Waals surface area contributed by atoms with E-state index in [2.05, 4.69) is 28.9 Å². The van der Waals surface area contributed by atoms with Crippen LogP contribution in [0.1, 0.15) is 31.5 Å². The highest BCUT2D eigenvalue weighted by atomic mass is 32.2. The van der Waals surface area contributed by atoms with Gasteiger partial charge in [0, 0.05) is 11.4 Å². The topological polar surface area (TPSA) is 24.9 Å². The molecule has 1 atom stereocenters. The maximum Gasteiger partial charge on any atom is 0.0795 e. The third-order valence-corrected chi connectivity index (χ3v) is 3.42. The Morgan fingerprint density at radius 3 is 3.07 bits per heavy atom. The molecule has 0 amide bonds. The molecule has 1 unspecified atom stereocenters. The molecule has 0 saturated carbocycles. The van der Waals surface area contributed by atoms with Crippen molar-refractivity contribution in [2.45, 2.75) is 25.8 Å². The lowest BCUT2D eigenvalue weighted by atomic mass is 10.2. The Hall–Kier alpha value is -0.0600. The molecule has 1 N–H and O–H groups in total. The van der Waals surface area contributed by atoms with Crippen LogP contribution in [0.4, 0.5) is 0 Å². The van der Waals surface area contributed by atoms with Gasteiger partial charge in [-0.3, -0.25) is 0 Å². The molecule has 14 heavy (non-hydrogen) atoms. The van der Waals surface area contributed by atoms with Crippen molar-refractivity contribution in [3.05, 3.63) is 16.6 Å². The van der Waals surface area contributed by atoms with Crippen LogP contribution < -0.4 is 5.32 Å². The summed E-state index contributed by atoms with van der Waals surface area (Å²) in [6, 6.07) is 0.399. The summed E-state index contributed by atoms with van der Waals surface area (Å²) >= 11 is 3.58. The standard InChI is InChI=1S/C10H18N2S2/c1-9(10-7-14-8-12-10)11-5-3-4-6-13-2/h7-9,11H,3-6H2,1-2H3. The average Bonchev–Trinajstić information content (AvgIpc) is 2.70. The Morgan fingerprint density at radius 1 is 1.57 bits per heavy atom. The van der Waals surface area contributed by atoms with E-state index < -0.39 is 0 Å². The molecule has 1 aromatic rings. The number of nitrogens with zero attached hydrogens (tertiary/aromatic N) is 1. The molecule has 1 rings (SSSR count). The molecule has 2 nitrogen and oxygen atoms in total. The van der Waals surface area contributed by atoms with Crippen molar-refractivity contribution >= 4 is 23.1 Å². The molecule has 80 valence electrons. The van der Waals surface area contributed by atoms with Gasteiger partial charge in [0.1, 0.15) is 0 Å². The Balaban J connectivity index is 2.07. The first-order chi connectivity index (χ1) is 6.84. The summed E-state index contributed by atoms with van der Waals surface area (Å²) in [5.41, 5.74) is 3.06. The predicted octanol–water partition coefficient (Wildman–Crippen LogP) is 2.94. The minimum Gasteiger partial charge on any atom is -0.309 e. The zero-order valence-electron chi connectivity index (χ0n) is 8.82. The molecule has 0 aromatic carbocycles. The van der Waals surface area contributed by atoms with Crippen LogP contribution in [0.3, 0.4) is 0 Å². The highest BCUT2D eigenvalue weighted by Crippen LogP contribution is 2.11. The van der Waals surface area contributed by atoms with Crippen molar-refractivity contribution in [2.24, 2.45) is 0 Å². The van der Waals surface area contributed by atoms with Gasteiger partial charge >= 0.3 is 0 Å². The molecule has 0 bridgehead atoms. The van der Waals surface area contributed by atoms with E-state index >= 15 is 0 Å². The van der Waals surface area contributed by atoms with Crippen LogP contribution in [-0.2, 0) is 0 Å². The summed E-state index contributed by atoms with van der Waals surface area (Å²) in [6.07, 6.45) is 4.72. The van der Waals surface area contributed by atoms with Crippen LogP contribution in [-0.4, -0.2) is 23.5 Å². The van der Waals surface area contributed by atoms with Crippen molar-refractivity contribution in [3.8, 4) is 0 Å². The Bertz CT molecular complexity index is 224. The van der Waals surface area contributed by atoms with Gasteiger partial charge in [0.2, 0.25) is 0 Å². The molecule has 0 aliphatic heterocycles. The first kappa shape index (κ1) is 12.0. The third-order valence-electron chi connectivity index (χ3n) is 2.12. The Labute approximate surface area is 94.5 Å². The lowest BCUT2D eigenvalue weighted by Gasteiger charge is -2.10. The van der Waals surface area contributed by atoms with E-state index in [1.54, 1.807) is 11.3 Å². The van der Waals surface area contributed by atoms with Gasteiger partial charge in [-0.15, -0.1) is 11.3 Å². The zero-order valence-corrected chi connectivity index (χ0v) is 10.5. The van der Waals surface area contributed by atoms with Crippen molar-refractivity contribution in [1.29, 1.82) is 0 Å². The minimum atomic E-state index is 0.399. The van der Waals surface area contributed by atoms with Gasteiger partial charge in [-0.1, -0.05) is 0 Å². The summed E-state index contributed by atoms with van der Waals surface area (Å²) in [5.74, 6) is 1.27. The van der Waals surface area contributed by atoms with E-state index in [0.29, 0.717) is 6.04 Å². The third kappa shape index (κ3) is 4.44. The maximum absolute atomic E-state index is 4.28. The van der Waals surface area contributed by atoms with Crippen LogP contribution in [0.25, 0.3) is 0 Å². The second-order valence-electron chi connectivity index (χ2n) is 3.29. The predicted molar refractivity (Wildman–Crippen MR) is 66.1 cm³/mol. The van der Waals surface area contributed by atoms with Crippen LogP contribution in [0.5, 0.6) is 0 Å². The smallest absolute Gasteiger partial charge is 0.0795 e. The van der Waals surface area contributed by atoms with Gasteiger partial charge in [-0.05, 0) is 38.3 Å². The zero-order chi connectivity index (χ0) is 10.2. The molecule has 0 fully saturated rings. The number of rotatable bonds is 7. The molecule has 0 radical (unpaired) electrons. The summed E-state index contributed by atoms with van der Waals surface area (Å²) in [5, 5.41) is 5.59. The van der Waals surface area contributed by atoms with E-state index in [1.165, 1.54) is 24.3 Å². The molecular formula is C10H18N2S2. The van der Waals surface area contributed by atoms with Gasteiger partial charge in [0.25, 0.3) is 0 Å². The lowest BCUT2D eigenvalue weighted by Crippen LogP contribution is -2.20. The van der Waals surface area contributed by atoms with Gasteiger partial charge in [-0.25, -0.2) is 4.98 Å². The normalized spacial score (nSPS) is 13.0. The number of thiazole rings is 1. The number of unbranched alkanes of at least 4 members (excludes halogenated alkanes) is 1. The molecule has 1 heterocycles. The van der Waals surface area contributed by atoms with Crippen LogP contribution in [0.15, 0.2) is 10.9 Å². The number of hydrogen-bond donors (Lipinski definition) is 1. The van der Waals surface area contributed by atoms with Crippen LogP contribution >= 0.6 is 23.1 Å². The number of thioether (sulfide) groups is 1. The minimum absolute atomic E-state index is 0.399. The Kier molecular flexibility index (Phi) is 6.23. The fourth-order valence-electron chi connectivity index (χ4n) is 1.23. The largest absolute Gasteiger partial charge is 0.309 e. The average molecular weight is 230 g/mol. The van der Waals surface area contributed by atoms with Gasteiger partial charge in [0.05, 0.1) is 11.2 Å². The summed E-state index contributed by atoms with van der Waals surface area (Å²) in [7, 11) is 0. The van der Waals surface area contributed by atoms with Crippen LogP contribution in [0.2, 0.25) is 0 Å². The van der Waals surface area contributed by atoms with Crippen molar-refractivity contribution in [2.75, 3.05) is 18.6 Å². The second-order valence-corrected chi connectivity index (χ2v) is 4.99. The molecule has 4 heteroatoms. The van der Waals surface area contributed by atoms with Gasteiger partial charge in [-0.2, -0.15) is 11.8 Å². The van der Waals surface area contributed by atoms with E-state index in [9.17, 15) is 0 Å². The highest BCUT2D eigenvalue weighted by Gasteiger charge is 2.04. The first-order valence-electron chi connectivity index (χ1n) is 4.95. The SMILES string of the molecule is CSCCCCNC(C)c1cscn1. The van der Waals surface area contributed by atoms with Crippen molar-refractivity contribution in [3.63, 3.8) is 0 Å². The van der Waals surface area contributed by atoms with E-state index in [4.69, 9.17) is 0 Å². The summed E-state index contributed by atoms with van der Waals surface area (Å²) in [4.78, 5) is 4.28. The maximum atomic E-state index is 4.28. The monoisotopic (exact) mass is 230 g/mol. The van der Waals surface area contributed by atoms with Crippen LogP contribution in [0, 0.1) is 0 Å². The van der Waals surface area contributed by atoms with Crippen molar-refractivity contribution < 1.29 is 0 Å². The van der Waals surface area contributed by atoms with Gasteiger partial charge < -0.3 is 5.32 Å². The number of hydrogen-bond acceptors (Lipinski definition) is 4. The van der Waals surface area contributed by atoms with E-state index in [-0.39, 0.29) is 0 Å². The molecule has 0 aliphatic rings. The van der Waals surface area contributed by atoms with E-state index in [0.717, 1.165) is 6.54 Å². The van der Waals surface area contributed by atoms with Gasteiger partial charge in [0.15, 0.2) is 0 Å². The van der Waals surface area contributed by atoms with Crippen molar-refractivity contribution in [1.82, 2.24) is 10.3 Å². The second kappa shape index (κ2) is 7.26. The number of nitrogens with one attached hydrogen (secondary N) is 1. The van der Waals surface area contributed by atoms with E-state index in [1.807, 2.05) is 17.3 Å². The summed E-state index contributed by atoms with van der Waals surface area (Å²) in [6.45, 7) is 3.27. The fourth-order valence-corrected chi connectivity index (χ4v) is 2.37. The highest BCUT2D eigenvalue weighted by molar-refractivity contribution is 7.98. The summed E-state index contributed by atoms with van der Waals surface area (Å²) < 4.78 is 0. The molecular weight excluding hydrogens is 212 g/mol.